The third kappa shape index (κ3) is 5.05. The molecule has 1 aliphatic rings. The second-order valence-electron chi connectivity index (χ2n) is 4.88. The van der Waals surface area contributed by atoms with E-state index in [9.17, 15) is 4.79 Å². The summed E-state index contributed by atoms with van der Waals surface area (Å²) in [6.07, 6.45) is 2.61. The van der Waals surface area contributed by atoms with Gasteiger partial charge in [0.1, 0.15) is 18.1 Å². The van der Waals surface area contributed by atoms with Crippen molar-refractivity contribution in [3.05, 3.63) is 29.8 Å². The zero-order valence-electron chi connectivity index (χ0n) is 12.7. The number of nitrogens with zero attached hydrogens (tertiary/aromatic N) is 1. The van der Waals surface area contributed by atoms with Gasteiger partial charge in [-0.25, -0.2) is 4.79 Å². The van der Waals surface area contributed by atoms with Gasteiger partial charge in [-0.15, -0.1) is 0 Å². The zero-order chi connectivity index (χ0) is 15.8. The molecule has 0 spiro atoms. The van der Waals surface area contributed by atoms with Gasteiger partial charge < -0.3 is 19.3 Å². The Morgan fingerprint density at radius 2 is 2.18 bits per heavy atom. The van der Waals surface area contributed by atoms with Gasteiger partial charge in [0, 0.05) is 37.3 Å². The Morgan fingerprint density at radius 1 is 1.41 bits per heavy atom. The maximum atomic E-state index is 10.7. The minimum absolute atomic E-state index is 0.529. The number of hydrogen-bond donors (Lipinski definition) is 1. The fraction of sp³-hybridized carbons (Fsp3) is 0.438. The molecule has 0 amide bonds. The zero-order valence-corrected chi connectivity index (χ0v) is 12.7. The van der Waals surface area contributed by atoms with Crippen LogP contribution >= 0.6 is 0 Å². The van der Waals surface area contributed by atoms with Crippen molar-refractivity contribution in [1.82, 2.24) is 4.90 Å². The molecule has 22 heavy (non-hydrogen) atoms. The Hall–Kier alpha value is -2.05. The highest BCUT2D eigenvalue weighted by Crippen LogP contribution is 2.26. The van der Waals surface area contributed by atoms with Gasteiger partial charge in [0.2, 0.25) is 0 Å². The van der Waals surface area contributed by atoms with E-state index in [0.717, 1.165) is 38.9 Å². The smallest absolute Gasteiger partial charge is 0.328 e. The Kier molecular flexibility index (Phi) is 6.24. The molecule has 1 aromatic carbocycles. The van der Waals surface area contributed by atoms with E-state index in [1.54, 1.807) is 25.3 Å². The van der Waals surface area contributed by atoms with Crippen LogP contribution in [-0.2, 0) is 9.53 Å². The normalized spacial score (nSPS) is 15.9. The van der Waals surface area contributed by atoms with Crippen LogP contribution < -0.4 is 9.47 Å². The predicted molar refractivity (Wildman–Crippen MR) is 82.4 cm³/mol. The molecule has 6 nitrogen and oxygen atoms in total. The van der Waals surface area contributed by atoms with Gasteiger partial charge in [0.15, 0.2) is 0 Å². The average molecular weight is 307 g/mol. The van der Waals surface area contributed by atoms with E-state index in [2.05, 4.69) is 4.90 Å². The van der Waals surface area contributed by atoms with Crippen molar-refractivity contribution in [3.63, 3.8) is 0 Å². The maximum absolute atomic E-state index is 10.7. The van der Waals surface area contributed by atoms with Crippen molar-refractivity contribution in [2.24, 2.45) is 0 Å². The van der Waals surface area contributed by atoms with Gasteiger partial charge in [-0.1, -0.05) is 0 Å². The highest BCUT2D eigenvalue weighted by molar-refractivity contribution is 5.86. The van der Waals surface area contributed by atoms with Crippen LogP contribution in [0.4, 0.5) is 0 Å². The lowest BCUT2D eigenvalue weighted by Gasteiger charge is -2.26. The number of carbonyl (C=O) groups is 1. The van der Waals surface area contributed by atoms with Crippen LogP contribution in [0.5, 0.6) is 11.5 Å². The number of methoxy groups -OCH3 is 1. The summed E-state index contributed by atoms with van der Waals surface area (Å²) in [6, 6.07) is 5.32. The number of hydrogen-bond acceptors (Lipinski definition) is 5. The van der Waals surface area contributed by atoms with E-state index in [-0.39, 0.29) is 0 Å². The number of aliphatic carboxylic acids is 1. The minimum Gasteiger partial charge on any atom is -0.497 e. The summed E-state index contributed by atoms with van der Waals surface area (Å²) < 4.78 is 16.3. The third-order valence-electron chi connectivity index (χ3n) is 3.39. The van der Waals surface area contributed by atoms with Crippen molar-refractivity contribution in [2.45, 2.75) is 0 Å². The molecule has 0 bridgehead atoms. The van der Waals surface area contributed by atoms with E-state index in [0.29, 0.717) is 23.7 Å². The topological polar surface area (TPSA) is 68.2 Å². The first kappa shape index (κ1) is 16.3. The fourth-order valence-corrected chi connectivity index (χ4v) is 2.17. The summed E-state index contributed by atoms with van der Waals surface area (Å²) in [5.41, 5.74) is 0.713. The molecule has 1 aliphatic heterocycles. The molecule has 0 atom stereocenters. The van der Waals surface area contributed by atoms with E-state index in [1.165, 1.54) is 6.08 Å². The second-order valence-corrected chi connectivity index (χ2v) is 4.88. The third-order valence-corrected chi connectivity index (χ3v) is 3.39. The van der Waals surface area contributed by atoms with Crippen LogP contribution in [0.1, 0.15) is 5.56 Å². The molecule has 6 heteroatoms. The van der Waals surface area contributed by atoms with Gasteiger partial charge in [-0.05, 0) is 18.2 Å². The summed E-state index contributed by atoms with van der Waals surface area (Å²) in [7, 11) is 1.58. The molecule has 1 aromatic rings. The lowest BCUT2D eigenvalue weighted by molar-refractivity contribution is -0.131. The molecule has 1 fully saturated rings. The maximum Gasteiger partial charge on any atom is 0.328 e. The van der Waals surface area contributed by atoms with E-state index in [4.69, 9.17) is 19.3 Å². The quantitative estimate of drug-likeness (QED) is 0.770. The highest BCUT2D eigenvalue weighted by atomic mass is 16.5. The van der Waals surface area contributed by atoms with Crippen molar-refractivity contribution in [1.29, 1.82) is 0 Å². The average Bonchev–Trinajstić information content (AvgIpc) is 2.54. The van der Waals surface area contributed by atoms with Gasteiger partial charge in [-0.3, -0.25) is 4.90 Å². The minimum atomic E-state index is -0.991. The Labute approximate surface area is 129 Å². The van der Waals surface area contributed by atoms with Crippen molar-refractivity contribution < 1.29 is 24.1 Å². The van der Waals surface area contributed by atoms with Gasteiger partial charge >= 0.3 is 5.97 Å². The first-order chi connectivity index (χ1) is 10.7. The van der Waals surface area contributed by atoms with E-state index in [1.807, 2.05) is 0 Å². The Morgan fingerprint density at radius 3 is 2.86 bits per heavy atom. The van der Waals surface area contributed by atoms with Crippen molar-refractivity contribution in [2.75, 3.05) is 46.6 Å². The van der Waals surface area contributed by atoms with E-state index >= 15 is 0 Å². The highest BCUT2D eigenvalue weighted by Gasteiger charge is 2.10. The van der Waals surface area contributed by atoms with Gasteiger partial charge in [-0.2, -0.15) is 0 Å². The van der Waals surface area contributed by atoms with Crippen molar-refractivity contribution in [3.8, 4) is 11.5 Å². The molecular formula is C16H21NO5. The molecule has 0 saturated carbocycles. The number of ether oxygens (including phenoxy) is 3. The molecule has 120 valence electrons. The Bertz CT molecular complexity index is 523. The number of carboxylic acids is 1. The van der Waals surface area contributed by atoms with Crippen LogP contribution in [0.15, 0.2) is 24.3 Å². The Balaban J connectivity index is 1.98. The molecule has 0 radical (unpaired) electrons. The number of rotatable bonds is 7. The lowest BCUT2D eigenvalue weighted by Crippen LogP contribution is -2.38. The largest absolute Gasteiger partial charge is 0.497 e. The van der Waals surface area contributed by atoms with Crippen LogP contribution in [0.25, 0.3) is 6.08 Å². The fourth-order valence-electron chi connectivity index (χ4n) is 2.17. The molecule has 0 aromatic heterocycles. The lowest BCUT2D eigenvalue weighted by atomic mass is 10.1. The molecule has 1 heterocycles. The summed E-state index contributed by atoms with van der Waals surface area (Å²) >= 11 is 0. The van der Waals surface area contributed by atoms with Crippen LogP contribution in [0.2, 0.25) is 0 Å². The number of morpholine rings is 1. The second kappa shape index (κ2) is 8.41. The number of carboxylic acid groups (broad SMARTS) is 1. The molecular weight excluding hydrogens is 286 g/mol. The molecule has 1 saturated heterocycles. The van der Waals surface area contributed by atoms with Crippen LogP contribution in [0, 0.1) is 0 Å². The standard InChI is InChI=1S/C16H21NO5/c1-20-14-4-2-13(3-5-16(18)19)15(12-14)22-11-8-17-6-9-21-10-7-17/h2-5,12H,6-11H2,1H3,(H,18,19)/b5-3-. The first-order valence-electron chi connectivity index (χ1n) is 7.21. The summed E-state index contributed by atoms with van der Waals surface area (Å²) in [5.74, 6) is 0.300. The molecule has 1 N–H and O–H groups in total. The summed E-state index contributed by atoms with van der Waals surface area (Å²) in [5, 5.41) is 8.74. The van der Waals surface area contributed by atoms with Crippen LogP contribution in [0.3, 0.4) is 0 Å². The summed E-state index contributed by atoms with van der Waals surface area (Å²) in [4.78, 5) is 12.9. The van der Waals surface area contributed by atoms with Gasteiger partial charge in [0.25, 0.3) is 0 Å². The molecule has 0 aliphatic carbocycles. The van der Waals surface area contributed by atoms with Crippen LogP contribution in [-0.4, -0.2) is 62.5 Å². The SMILES string of the molecule is COc1ccc(/C=C\C(=O)O)c(OCCN2CCOCC2)c1. The molecule has 0 unspecified atom stereocenters. The molecule has 2 rings (SSSR count). The van der Waals surface area contributed by atoms with Gasteiger partial charge in [0.05, 0.1) is 20.3 Å². The number of benzene rings is 1. The monoisotopic (exact) mass is 307 g/mol. The van der Waals surface area contributed by atoms with E-state index < -0.39 is 5.97 Å². The first-order valence-corrected chi connectivity index (χ1v) is 7.21. The predicted octanol–water partition coefficient (Wildman–Crippen LogP) is 1.50. The van der Waals surface area contributed by atoms with Crippen molar-refractivity contribution >= 4 is 12.0 Å². The summed E-state index contributed by atoms with van der Waals surface area (Å²) in [6.45, 7) is 4.67.